The first-order valence-corrected chi connectivity index (χ1v) is 5.24. The molecule has 5 heteroatoms. The molecule has 2 rings (SSSR count). The molecule has 0 aliphatic rings. The van der Waals surface area contributed by atoms with Gasteiger partial charge in [0.1, 0.15) is 11.5 Å². The summed E-state index contributed by atoms with van der Waals surface area (Å²) in [5.41, 5.74) is 7.52. The van der Waals surface area contributed by atoms with Gasteiger partial charge in [0.05, 0.1) is 0 Å². The highest BCUT2D eigenvalue weighted by atomic mass is 79.9. The van der Waals surface area contributed by atoms with Crippen LogP contribution >= 0.6 is 15.9 Å². The highest BCUT2D eigenvalue weighted by molar-refractivity contribution is 9.10. The third-order valence-electron chi connectivity index (χ3n) is 2.24. The number of rotatable bonds is 1. The van der Waals surface area contributed by atoms with Crippen molar-refractivity contribution in [2.45, 2.75) is 6.92 Å². The van der Waals surface area contributed by atoms with Gasteiger partial charge in [-0.1, -0.05) is 28.1 Å². The van der Waals surface area contributed by atoms with Crippen LogP contribution in [0.5, 0.6) is 0 Å². The molecule has 0 radical (unpaired) electrons. The minimum atomic E-state index is 0.481. The first kappa shape index (κ1) is 10.0. The summed E-state index contributed by atoms with van der Waals surface area (Å²) in [4.78, 5) is 4.31. The quantitative estimate of drug-likeness (QED) is 0.775. The standard InChI is InChI=1S/C10H11BrN4/c1-6-14-9(10(12)15(6)13)7-2-4-8(11)5-3-7/h2-5H,12-13H2,1H3. The highest BCUT2D eigenvalue weighted by Gasteiger charge is 2.11. The van der Waals surface area contributed by atoms with Gasteiger partial charge in [-0.2, -0.15) is 0 Å². The zero-order chi connectivity index (χ0) is 11.0. The molecule has 0 unspecified atom stereocenters. The molecule has 1 aromatic carbocycles. The number of nitrogen functional groups attached to an aromatic ring is 2. The minimum absolute atomic E-state index is 0.481. The van der Waals surface area contributed by atoms with Crippen LogP contribution in [0.3, 0.4) is 0 Å². The van der Waals surface area contributed by atoms with Crippen molar-refractivity contribution in [2.75, 3.05) is 11.6 Å². The molecule has 2 aromatic rings. The molecule has 0 atom stereocenters. The molecule has 0 saturated carbocycles. The second-order valence-electron chi connectivity index (χ2n) is 3.27. The van der Waals surface area contributed by atoms with E-state index in [2.05, 4.69) is 20.9 Å². The highest BCUT2D eigenvalue weighted by Crippen LogP contribution is 2.25. The van der Waals surface area contributed by atoms with Gasteiger partial charge in [0.25, 0.3) is 0 Å². The molecule has 0 aliphatic carbocycles. The molecule has 0 amide bonds. The maximum absolute atomic E-state index is 5.84. The van der Waals surface area contributed by atoms with Crippen LogP contribution in [0, 0.1) is 6.92 Å². The lowest BCUT2D eigenvalue weighted by Crippen LogP contribution is -2.13. The SMILES string of the molecule is Cc1nc(-c2ccc(Br)cc2)c(N)n1N. The minimum Gasteiger partial charge on any atom is -0.382 e. The molecule has 1 aromatic heterocycles. The van der Waals surface area contributed by atoms with Gasteiger partial charge in [0, 0.05) is 10.0 Å². The fraction of sp³-hybridized carbons (Fsp3) is 0.100. The molecule has 4 N–H and O–H groups in total. The van der Waals surface area contributed by atoms with E-state index >= 15 is 0 Å². The molecule has 0 spiro atoms. The van der Waals surface area contributed by atoms with Crippen molar-refractivity contribution in [1.29, 1.82) is 0 Å². The van der Waals surface area contributed by atoms with Gasteiger partial charge in [-0.25, -0.2) is 9.66 Å². The lowest BCUT2D eigenvalue weighted by molar-refractivity contribution is 0.937. The van der Waals surface area contributed by atoms with Crippen molar-refractivity contribution < 1.29 is 0 Å². The fourth-order valence-corrected chi connectivity index (χ4v) is 1.65. The van der Waals surface area contributed by atoms with Crippen molar-refractivity contribution in [1.82, 2.24) is 9.66 Å². The van der Waals surface area contributed by atoms with Crippen molar-refractivity contribution in [3.05, 3.63) is 34.6 Å². The smallest absolute Gasteiger partial charge is 0.150 e. The number of hydrogen-bond acceptors (Lipinski definition) is 3. The van der Waals surface area contributed by atoms with E-state index in [-0.39, 0.29) is 0 Å². The zero-order valence-corrected chi connectivity index (χ0v) is 9.82. The van der Waals surface area contributed by atoms with Gasteiger partial charge < -0.3 is 11.6 Å². The van der Waals surface area contributed by atoms with Crippen LogP contribution in [0.1, 0.15) is 5.82 Å². The fourth-order valence-electron chi connectivity index (χ4n) is 1.38. The Balaban J connectivity index is 2.54. The van der Waals surface area contributed by atoms with Gasteiger partial charge in [-0.05, 0) is 19.1 Å². The van der Waals surface area contributed by atoms with E-state index in [0.717, 1.165) is 15.7 Å². The number of nitrogens with zero attached hydrogens (tertiary/aromatic N) is 2. The summed E-state index contributed by atoms with van der Waals surface area (Å²) < 4.78 is 2.41. The number of anilines is 1. The van der Waals surface area contributed by atoms with Crippen LogP contribution in [-0.2, 0) is 0 Å². The Bertz CT molecular complexity index is 487. The van der Waals surface area contributed by atoms with Crippen molar-refractivity contribution in [3.63, 3.8) is 0 Å². The van der Waals surface area contributed by atoms with Crippen molar-refractivity contribution >= 4 is 21.7 Å². The molecule has 4 nitrogen and oxygen atoms in total. The van der Waals surface area contributed by atoms with Crippen LogP contribution in [0.15, 0.2) is 28.7 Å². The normalized spacial score (nSPS) is 10.5. The van der Waals surface area contributed by atoms with Gasteiger partial charge >= 0.3 is 0 Å². The summed E-state index contributed by atoms with van der Waals surface area (Å²) in [7, 11) is 0. The Labute approximate surface area is 96.0 Å². The molecule has 15 heavy (non-hydrogen) atoms. The Morgan fingerprint density at radius 3 is 2.33 bits per heavy atom. The number of nitrogens with two attached hydrogens (primary N) is 2. The summed E-state index contributed by atoms with van der Waals surface area (Å²) in [6.07, 6.45) is 0. The molecule has 78 valence electrons. The van der Waals surface area contributed by atoms with Crippen LogP contribution in [0.25, 0.3) is 11.3 Å². The van der Waals surface area contributed by atoms with Crippen molar-refractivity contribution in [3.8, 4) is 11.3 Å². The zero-order valence-electron chi connectivity index (χ0n) is 8.24. The molecule has 1 heterocycles. The van der Waals surface area contributed by atoms with Crippen LogP contribution < -0.4 is 11.6 Å². The number of halogens is 1. The topological polar surface area (TPSA) is 69.9 Å². The molecular formula is C10H11BrN4. The third-order valence-corrected chi connectivity index (χ3v) is 2.77. The Hall–Kier alpha value is -1.49. The summed E-state index contributed by atoms with van der Waals surface area (Å²) >= 11 is 3.37. The largest absolute Gasteiger partial charge is 0.382 e. The Morgan fingerprint density at radius 2 is 1.87 bits per heavy atom. The van der Waals surface area contributed by atoms with E-state index in [4.69, 9.17) is 11.6 Å². The number of aryl methyl sites for hydroxylation is 1. The predicted octanol–water partition coefficient (Wildman–Crippen LogP) is 1.92. The van der Waals surface area contributed by atoms with Gasteiger partial charge in [-0.3, -0.25) is 0 Å². The van der Waals surface area contributed by atoms with E-state index in [1.54, 1.807) is 0 Å². The van der Waals surface area contributed by atoms with Gasteiger partial charge in [0.2, 0.25) is 0 Å². The second kappa shape index (κ2) is 3.58. The Kier molecular flexibility index (Phi) is 2.40. The first-order chi connectivity index (χ1) is 7.09. The predicted molar refractivity (Wildman–Crippen MR) is 64.7 cm³/mol. The summed E-state index contributed by atoms with van der Waals surface area (Å²) in [5.74, 6) is 6.87. The third kappa shape index (κ3) is 1.70. The average Bonchev–Trinajstić information content (AvgIpc) is 2.47. The summed E-state index contributed by atoms with van der Waals surface area (Å²) in [5, 5.41) is 0. The second-order valence-corrected chi connectivity index (χ2v) is 4.19. The number of benzene rings is 1. The van der Waals surface area contributed by atoms with Crippen LogP contribution in [0.2, 0.25) is 0 Å². The van der Waals surface area contributed by atoms with Gasteiger partial charge in [-0.15, -0.1) is 0 Å². The maximum Gasteiger partial charge on any atom is 0.150 e. The van der Waals surface area contributed by atoms with Crippen molar-refractivity contribution in [2.24, 2.45) is 0 Å². The maximum atomic E-state index is 5.84. The average molecular weight is 267 g/mol. The monoisotopic (exact) mass is 266 g/mol. The number of aromatic nitrogens is 2. The number of imidazole rings is 1. The van der Waals surface area contributed by atoms with Crippen LogP contribution in [-0.4, -0.2) is 9.66 Å². The molecular weight excluding hydrogens is 256 g/mol. The first-order valence-electron chi connectivity index (χ1n) is 4.45. The van der Waals surface area contributed by atoms with E-state index in [0.29, 0.717) is 11.6 Å². The lowest BCUT2D eigenvalue weighted by atomic mass is 10.1. The van der Waals surface area contributed by atoms with E-state index in [9.17, 15) is 0 Å². The van der Waals surface area contributed by atoms with E-state index in [1.165, 1.54) is 4.68 Å². The number of hydrogen-bond donors (Lipinski definition) is 2. The summed E-state index contributed by atoms with van der Waals surface area (Å²) in [6, 6.07) is 7.78. The molecule has 0 bridgehead atoms. The summed E-state index contributed by atoms with van der Waals surface area (Å²) in [6.45, 7) is 1.82. The van der Waals surface area contributed by atoms with E-state index in [1.807, 2.05) is 31.2 Å². The Morgan fingerprint density at radius 1 is 1.27 bits per heavy atom. The van der Waals surface area contributed by atoms with Gasteiger partial charge in [0.15, 0.2) is 5.82 Å². The molecule has 0 saturated heterocycles. The molecule has 0 fully saturated rings. The van der Waals surface area contributed by atoms with Crippen LogP contribution in [0.4, 0.5) is 5.82 Å². The lowest BCUT2D eigenvalue weighted by Gasteiger charge is -2.00. The van der Waals surface area contributed by atoms with E-state index < -0.39 is 0 Å². The molecule has 0 aliphatic heterocycles.